The van der Waals surface area contributed by atoms with Crippen LogP contribution in [-0.2, 0) is 24.6 Å². The summed E-state index contributed by atoms with van der Waals surface area (Å²) in [5.74, 6) is -8.27. The van der Waals surface area contributed by atoms with E-state index in [1.807, 2.05) is 0 Å². The van der Waals surface area contributed by atoms with Crippen LogP contribution in [0.3, 0.4) is 0 Å². The highest BCUT2D eigenvalue weighted by Gasteiger charge is 2.71. The van der Waals surface area contributed by atoms with E-state index in [0.717, 1.165) is 5.01 Å². The molecule has 6 atom stereocenters. The van der Waals surface area contributed by atoms with Gasteiger partial charge in [-0.15, -0.1) is 0 Å². The number of anilines is 1. The second-order valence-corrected chi connectivity index (χ2v) is 12.8. The summed E-state index contributed by atoms with van der Waals surface area (Å²) in [6.07, 6.45) is 1.80. The van der Waals surface area contributed by atoms with E-state index < -0.39 is 70.5 Å². The molecule has 0 spiro atoms. The standard InChI is InChI=1S/C35H30ClFN4O7/c1-2-48-26-5-3-4-23(29(26)42)28-21-14-15-22-27(32(45)40(30(22)43)34(38)47)24(21)16-25-31(44)41(39-20-12-10-19(37)11-13-20)33(46)35(25,28)17-6-8-18(36)9-7-17/h3-14,22,24-25,27-28,39,42H,2,15-16H2,1H3,(H2,38,47)/t22-,24+,25-,27-,28+,35+/m0/s1. The maximum atomic E-state index is 15.1. The van der Waals surface area contributed by atoms with Crippen LogP contribution in [0.1, 0.15) is 36.8 Å². The van der Waals surface area contributed by atoms with Gasteiger partial charge in [0.05, 0.1) is 35.5 Å². The van der Waals surface area contributed by atoms with E-state index in [1.54, 1.807) is 55.5 Å². The number of likely N-dealkylation sites (tertiary alicyclic amines) is 1. The Labute approximate surface area is 279 Å². The van der Waals surface area contributed by atoms with E-state index in [4.69, 9.17) is 22.1 Å². The number of para-hydroxylation sites is 1. The third-order valence-electron chi connectivity index (χ3n) is 10.1. The average molecular weight is 673 g/mol. The quantitative estimate of drug-likeness (QED) is 0.252. The fourth-order valence-corrected chi connectivity index (χ4v) is 8.39. The van der Waals surface area contributed by atoms with Gasteiger partial charge >= 0.3 is 6.03 Å². The number of aromatic hydroxyl groups is 1. The summed E-state index contributed by atoms with van der Waals surface area (Å²) in [6.45, 7) is 1.98. The molecule has 1 saturated carbocycles. The molecule has 2 heterocycles. The lowest BCUT2D eigenvalue weighted by Crippen LogP contribution is -2.53. The summed E-state index contributed by atoms with van der Waals surface area (Å²) < 4.78 is 19.5. The van der Waals surface area contributed by atoms with E-state index in [2.05, 4.69) is 5.43 Å². The number of imide groups is 4. The van der Waals surface area contributed by atoms with Crippen molar-refractivity contribution in [1.29, 1.82) is 0 Å². The van der Waals surface area contributed by atoms with Crippen molar-refractivity contribution in [3.8, 4) is 11.5 Å². The monoisotopic (exact) mass is 672 g/mol. The fraction of sp³-hybridized carbons (Fsp3) is 0.286. The van der Waals surface area contributed by atoms with E-state index in [9.17, 15) is 28.7 Å². The Balaban J connectivity index is 1.48. The number of nitrogens with one attached hydrogen (secondary N) is 1. The van der Waals surface area contributed by atoms with Crippen molar-refractivity contribution in [2.75, 3.05) is 12.0 Å². The van der Waals surface area contributed by atoms with Crippen LogP contribution in [0.25, 0.3) is 0 Å². The Hall–Kier alpha value is -5.23. The van der Waals surface area contributed by atoms with Gasteiger partial charge in [-0.05, 0) is 73.7 Å². The van der Waals surface area contributed by atoms with Crippen LogP contribution in [0.4, 0.5) is 14.9 Å². The molecule has 246 valence electrons. The number of carbonyl (C=O) groups is 5. The second-order valence-electron chi connectivity index (χ2n) is 12.4. The van der Waals surface area contributed by atoms with E-state index >= 15 is 4.79 Å². The van der Waals surface area contributed by atoms with Crippen molar-refractivity contribution in [3.63, 3.8) is 0 Å². The van der Waals surface area contributed by atoms with Crippen molar-refractivity contribution in [2.24, 2.45) is 29.4 Å². The lowest BCUT2D eigenvalue weighted by atomic mass is 9.49. The van der Waals surface area contributed by atoms with Gasteiger partial charge in [0.15, 0.2) is 11.5 Å². The number of halogens is 2. The van der Waals surface area contributed by atoms with Crippen molar-refractivity contribution < 1.29 is 38.2 Å². The molecular weight excluding hydrogens is 643 g/mol. The first-order chi connectivity index (χ1) is 23.0. The minimum absolute atomic E-state index is 0.0458. The van der Waals surface area contributed by atoms with Gasteiger partial charge in [0.1, 0.15) is 5.82 Å². The third kappa shape index (κ3) is 4.42. The molecule has 2 aliphatic heterocycles. The van der Waals surface area contributed by atoms with Gasteiger partial charge in [-0.3, -0.25) is 24.6 Å². The van der Waals surface area contributed by atoms with E-state index in [-0.39, 0.29) is 42.2 Å². The number of phenols is 1. The Morgan fingerprint density at radius 1 is 1.02 bits per heavy atom. The van der Waals surface area contributed by atoms with E-state index in [0.29, 0.717) is 21.1 Å². The molecular formula is C35H30ClFN4O7. The second kappa shape index (κ2) is 11.5. The van der Waals surface area contributed by atoms with Gasteiger partial charge in [0, 0.05) is 16.5 Å². The Kier molecular flexibility index (Phi) is 7.50. The van der Waals surface area contributed by atoms with Crippen molar-refractivity contribution in [1.82, 2.24) is 9.91 Å². The number of amides is 6. The number of urea groups is 1. The van der Waals surface area contributed by atoms with E-state index in [1.165, 1.54) is 24.3 Å². The largest absolute Gasteiger partial charge is 0.504 e. The molecule has 4 N–H and O–H groups in total. The third-order valence-corrected chi connectivity index (χ3v) is 10.4. The zero-order valence-electron chi connectivity index (χ0n) is 25.6. The number of hydrogen-bond donors (Lipinski definition) is 3. The molecule has 4 aliphatic rings. The zero-order valence-corrected chi connectivity index (χ0v) is 26.3. The van der Waals surface area contributed by atoms with Crippen LogP contribution in [-0.4, -0.2) is 51.3 Å². The highest BCUT2D eigenvalue weighted by atomic mass is 35.5. The molecule has 0 radical (unpaired) electrons. The topological polar surface area (TPSA) is 159 Å². The number of hydrogen-bond acceptors (Lipinski definition) is 8. The minimum atomic E-state index is -1.69. The maximum Gasteiger partial charge on any atom is 0.328 e. The predicted octanol–water partition coefficient (Wildman–Crippen LogP) is 4.65. The smallest absolute Gasteiger partial charge is 0.328 e. The van der Waals surface area contributed by atoms with Crippen LogP contribution in [0, 0.1) is 29.5 Å². The molecule has 6 amide bonds. The highest BCUT2D eigenvalue weighted by molar-refractivity contribution is 6.30. The number of fused-ring (bicyclic) bond motifs is 4. The average Bonchev–Trinajstić information content (AvgIpc) is 3.45. The summed E-state index contributed by atoms with van der Waals surface area (Å²) in [6, 6.07) is 15.3. The van der Waals surface area contributed by atoms with Crippen LogP contribution < -0.4 is 15.9 Å². The molecule has 11 nitrogen and oxygen atoms in total. The van der Waals surface area contributed by atoms with Crippen LogP contribution >= 0.6 is 11.6 Å². The number of nitrogens with zero attached hydrogens (tertiary/aromatic N) is 2. The minimum Gasteiger partial charge on any atom is -0.504 e. The molecule has 3 aromatic carbocycles. The highest BCUT2D eigenvalue weighted by Crippen LogP contribution is 2.65. The summed E-state index contributed by atoms with van der Waals surface area (Å²) >= 11 is 6.29. The fourth-order valence-electron chi connectivity index (χ4n) is 8.26. The van der Waals surface area contributed by atoms with Crippen LogP contribution in [0.2, 0.25) is 5.02 Å². The molecule has 7 rings (SSSR count). The number of benzene rings is 3. The number of allylic oxidation sites excluding steroid dienone is 2. The number of rotatable bonds is 6. The van der Waals surface area contributed by atoms with Crippen molar-refractivity contribution >= 4 is 46.9 Å². The number of phenolic OH excluding ortho intramolecular Hbond substituents is 1. The molecule has 0 aromatic heterocycles. The SMILES string of the molecule is CCOc1cccc([C@H]2C3=CC[C@@H]4C(=O)N(C(N)=O)C(=O)[C@@H]4[C@@H]3C[C@H]3C(=O)N(Nc4ccc(F)cc4)C(=O)[C@@]23c2ccc(Cl)cc2)c1O. The van der Waals surface area contributed by atoms with Gasteiger partial charge in [-0.1, -0.05) is 47.5 Å². The zero-order chi connectivity index (χ0) is 34.1. The van der Waals surface area contributed by atoms with Gasteiger partial charge in [-0.2, -0.15) is 9.91 Å². The lowest BCUT2D eigenvalue weighted by Gasteiger charge is -2.50. The molecule has 3 aromatic rings. The predicted molar refractivity (Wildman–Crippen MR) is 170 cm³/mol. The van der Waals surface area contributed by atoms with Crippen LogP contribution in [0.5, 0.6) is 11.5 Å². The Morgan fingerprint density at radius 2 is 1.73 bits per heavy atom. The first-order valence-electron chi connectivity index (χ1n) is 15.5. The van der Waals surface area contributed by atoms with Gasteiger partial charge in [0.2, 0.25) is 11.8 Å². The molecule has 2 aliphatic carbocycles. The summed E-state index contributed by atoms with van der Waals surface area (Å²) in [7, 11) is 0. The van der Waals surface area contributed by atoms with Gasteiger partial charge < -0.3 is 15.6 Å². The molecule has 13 heteroatoms. The maximum absolute atomic E-state index is 15.1. The molecule has 48 heavy (non-hydrogen) atoms. The number of carbonyl (C=O) groups excluding carboxylic acids is 5. The lowest BCUT2D eigenvalue weighted by molar-refractivity contribution is -0.139. The number of primary amides is 1. The molecule has 0 bridgehead atoms. The van der Waals surface area contributed by atoms with Gasteiger partial charge in [0.25, 0.3) is 11.8 Å². The van der Waals surface area contributed by atoms with Crippen molar-refractivity contribution in [2.45, 2.75) is 31.1 Å². The Bertz CT molecular complexity index is 1920. The molecule has 0 unspecified atom stereocenters. The Morgan fingerprint density at radius 3 is 2.40 bits per heavy atom. The molecule has 2 saturated heterocycles. The summed E-state index contributed by atoms with van der Waals surface area (Å²) in [5, 5.41) is 13.0. The first-order valence-corrected chi connectivity index (χ1v) is 15.9. The van der Waals surface area contributed by atoms with Crippen LogP contribution in [0.15, 0.2) is 78.4 Å². The van der Waals surface area contributed by atoms with Crippen molar-refractivity contribution in [3.05, 3.63) is 100 Å². The van der Waals surface area contributed by atoms with Gasteiger partial charge in [-0.25, -0.2) is 9.18 Å². The summed E-state index contributed by atoms with van der Waals surface area (Å²) in [5.41, 5.74) is 8.14. The number of nitrogens with two attached hydrogens (primary N) is 1. The summed E-state index contributed by atoms with van der Waals surface area (Å²) in [4.78, 5) is 69.4. The molecule has 3 fully saturated rings. The number of ether oxygens (including phenoxy) is 1. The first kappa shape index (κ1) is 31.4. The number of hydrazine groups is 1. The normalized spacial score (nSPS) is 27.7.